The lowest BCUT2D eigenvalue weighted by molar-refractivity contribution is 0.843. The van der Waals surface area contributed by atoms with Crippen LogP contribution in [0.25, 0.3) is 10.9 Å². The van der Waals surface area contributed by atoms with Gasteiger partial charge in [-0.05, 0) is 30.3 Å². The highest BCUT2D eigenvalue weighted by Crippen LogP contribution is 2.26. The second kappa shape index (κ2) is 4.94. The number of hydrogen-bond acceptors (Lipinski definition) is 2. The summed E-state index contributed by atoms with van der Waals surface area (Å²) in [6.45, 7) is 0.746. The second-order valence-corrected chi connectivity index (χ2v) is 4.93. The van der Waals surface area contributed by atoms with Crippen LogP contribution in [-0.4, -0.2) is 9.55 Å². The summed E-state index contributed by atoms with van der Waals surface area (Å²) in [5.41, 5.74) is 3.12. The molecule has 0 aliphatic heterocycles. The topological polar surface area (TPSA) is 29.9 Å². The normalized spacial score (nSPS) is 10.8. The number of aryl methyl sites for hydroxylation is 1. The first kappa shape index (κ1) is 12.1. The van der Waals surface area contributed by atoms with Crippen LogP contribution in [-0.2, 0) is 13.6 Å². The first-order chi connectivity index (χ1) is 9.24. The van der Waals surface area contributed by atoms with Gasteiger partial charge in [0.2, 0.25) is 0 Å². The van der Waals surface area contributed by atoms with Crippen LogP contribution in [0.1, 0.15) is 5.69 Å². The number of pyridine rings is 1. The van der Waals surface area contributed by atoms with Gasteiger partial charge in [-0.1, -0.05) is 17.7 Å². The van der Waals surface area contributed by atoms with Crippen molar-refractivity contribution < 1.29 is 0 Å². The van der Waals surface area contributed by atoms with Gasteiger partial charge in [-0.2, -0.15) is 0 Å². The summed E-state index contributed by atoms with van der Waals surface area (Å²) < 4.78 is 2.09. The smallest absolute Gasteiger partial charge is 0.0934 e. The average molecular weight is 272 g/mol. The molecule has 0 fully saturated rings. The number of anilines is 1. The molecular weight excluding hydrogens is 258 g/mol. The molecule has 1 N–H and O–H groups in total. The Bertz CT molecular complexity index is 718. The molecule has 0 amide bonds. The predicted octanol–water partition coefficient (Wildman–Crippen LogP) is 3.84. The van der Waals surface area contributed by atoms with Crippen LogP contribution in [0, 0.1) is 0 Å². The molecule has 0 radical (unpaired) electrons. The molecule has 2 heterocycles. The van der Waals surface area contributed by atoms with Gasteiger partial charge in [0.15, 0.2) is 0 Å². The van der Waals surface area contributed by atoms with Gasteiger partial charge in [0, 0.05) is 35.5 Å². The van der Waals surface area contributed by atoms with Crippen LogP contribution in [0.3, 0.4) is 0 Å². The predicted molar refractivity (Wildman–Crippen MR) is 79.5 cm³/mol. The standard InChI is InChI=1S/C15H14ClN3/c1-19-7-3-5-13(19)10-18-14-9-12(16)8-11-4-2-6-17-15(11)14/h2-9,18H,10H2,1H3. The number of aromatic nitrogens is 2. The lowest BCUT2D eigenvalue weighted by Crippen LogP contribution is -2.04. The molecule has 0 aliphatic rings. The van der Waals surface area contributed by atoms with Crippen molar-refractivity contribution in [1.29, 1.82) is 0 Å². The third-order valence-corrected chi connectivity index (χ3v) is 3.40. The highest BCUT2D eigenvalue weighted by atomic mass is 35.5. The van der Waals surface area contributed by atoms with E-state index in [2.05, 4.69) is 20.9 Å². The number of halogens is 1. The summed E-state index contributed by atoms with van der Waals surface area (Å²) in [4.78, 5) is 4.42. The summed E-state index contributed by atoms with van der Waals surface area (Å²) in [6.07, 6.45) is 3.83. The zero-order chi connectivity index (χ0) is 13.2. The van der Waals surface area contributed by atoms with Crippen molar-refractivity contribution in [2.45, 2.75) is 6.54 Å². The highest BCUT2D eigenvalue weighted by Gasteiger charge is 2.05. The van der Waals surface area contributed by atoms with Gasteiger partial charge in [-0.15, -0.1) is 0 Å². The van der Waals surface area contributed by atoms with E-state index in [0.717, 1.165) is 28.2 Å². The molecule has 0 aliphatic carbocycles. The van der Waals surface area contributed by atoms with Crippen molar-refractivity contribution in [2.24, 2.45) is 7.05 Å². The van der Waals surface area contributed by atoms with E-state index in [-0.39, 0.29) is 0 Å². The van der Waals surface area contributed by atoms with E-state index < -0.39 is 0 Å². The largest absolute Gasteiger partial charge is 0.378 e. The van der Waals surface area contributed by atoms with E-state index in [4.69, 9.17) is 11.6 Å². The zero-order valence-electron chi connectivity index (χ0n) is 10.6. The lowest BCUT2D eigenvalue weighted by Gasteiger charge is -2.10. The van der Waals surface area contributed by atoms with Crippen LogP contribution < -0.4 is 5.32 Å². The Kier molecular flexibility index (Phi) is 3.13. The van der Waals surface area contributed by atoms with E-state index in [9.17, 15) is 0 Å². The Morgan fingerprint density at radius 1 is 1.26 bits per heavy atom. The summed E-state index contributed by atoms with van der Waals surface area (Å²) in [5, 5.41) is 5.17. The summed E-state index contributed by atoms with van der Waals surface area (Å²) in [7, 11) is 2.03. The highest BCUT2D eigenvalue weighted by molar-refractivity contribution is 6.31. The maximum atomic E-state index is 6.14. The molecular formula is C15H14ClN3. The first-order valence-electron chi connectivity index (χ1n) is 6.12. The van der Waals surface area contributed by atoms with Crippen molar-refractivity contribution in [1.82, 2.24) is 9.55 Å². The number of hydrogen-bond donors (Lipinski definition) is 1. The molecule has 0 unspecified atom stereocenters. The Labute approximate surface area is 116 Å². The minimum atomic E-state index is 0.717. The van der Waals surface area contributed by atoms with Gasteiger partial charge in [-0.3, -0.25) is 4.98 Å². The van der Waals surface area contributed by atoms with Gasteiger partial charge in [0.1, 0.15) is 0 Å². The third kappa shape index (κ3) is 2.42. The maximum absolute atomic E-state index is 6.14. The van der Waals surface area contributed by atoms with E-state index in [0.29, 0.717) is 0 Å². The third-order valence-electron chi connectivity index (χ3n) is 3.18. The Morgan fingerprint density at radius 3 is 2.95 bits per heavy atom. The number of nitrogens with zero attached hydrogens (tertiary/aromatic N) is 2. The molecule has 3 aromatic rings. The molecule has 2 aromatic heterocycles. The fourth-order valence-electron chi connectivity index (χ4n) is 2.16. The monoisotopic (exact) mass is 271 g/mol. The van der Waals surface area contributed by atoms with Crippen molar-refractivity contribution in [2.75, 3.05) is 5.32 Å². The maximum Gasteiger partial charge on any atom is 0.0934 e. The van der Waals surface area contributed by atoms with E-state index in [1.807, 2.05) is 43.6 Å². The second-order valence-electron chi connectivity index (χ2n) is 4.49. The number of nitrogens with one attached hydrogen (secondary N) is 1. The quantitative estimate of drug-likeness (QED) is 0.784. The van der Waals surface area contributed by atoms with Crippen molar-refractivity contribution in [3.05, 3.63) is 59.5 Å². The lowest BCUT2D eigenvalue weighted by atomic mass is 10.2. The molecule has 3 rings (SSSR count). The van der Waals surface area contributed by atoms with Crippen molar-refractivity contribution in [3.63, 3.8) is 0 Å². The minimum Gasteiger partial charge on any atom is -0.378 e. The van der Waals surface area contributed by atoms with E-state index >= 15 is 0 Å². The van der Waals surface area contributed by atoms with Gasteiger partial charge >= 0.3 is 0 Å². The number of benzene rings is 1. The van der Waals surface area contributed by atoms with Crippen LogP contribution >= 0.6 is 11.6 Å². The summed E-state index contributed by atoms with van der Waals surface area (Å²) in [5.74, 6) is 0. The molecule has 96 valence electrons. The van der Waals surface area contributed by atoms with Gasteiger partial charge < -0.3 is 9.88 Å². The fraction of sp³-hybridized carbons (Fsp3) is 0.133. The molecule has 0 saturated carbocycles. The van der Waals surface area contributed by atoms with E-state index in [1.165, 1.54) is 5.69 Å². The van der Waals surface area contributed by atoms with E-state index in [1.54, 1.807) is 6.20 Å². The molecule has 0 bridgehead atoms. The molecule has 0 spiro atoms. The van der Waals surface area contributed by atoms with Crippen molar-refractivity contribution >= 4 is 28.2 Å². The van der Waals surface area contributed by atoms with Gasteiger partial charge in [-0.25, -0.2) is 0 Å². The van der Waals surface area contributed by atoms with Crippen molar-refractivity contribution in [3.8, 4) is 0 Å². The summed E-state index contributed by atoms with van der Waals surface area (Å²) in [6, 6.07) is 11.9. The molecule has 0 saturated heterocycles. The number of rotatable bonds is 3. The molecule has 1 aromatic carbocycles. The minimum absolute atomic E-state index is 0.717. The Balaban J connectivity index is 1.94. The zero-order valence-corrected chi connectivity index (χ0v) is 11.4. The van der Waals surface area contributed by atoms with Crippen LogP contribution in [0.4, 0.5) is 5.69 Å². The molecule has 3 nitrogen and oxygen atoms in total. The number of fused-ring (bicyclic) bond motifs is 1. The Hall–Kier alpha value is -2.00. The van der Waals surface area contributed by atoms with Crippen LogP contribution in [0.2, 0.25) is 5.02 Å². The average Bonchev–Trinajstić information content (AvgIpc) is 2.81. The summed E-state index contributed by atoms with van der Waals surface area (Å²) >= 11 is 6.14. The molecule has 0 atom stereocenters. The first-order valence-corrected chi connectivity index (χ1v) is 6.50. The molecule has 19 heavy (non-hydrogen) atoms. The SMILES string of the molecule is Cn1cccc1CNc1cc(Cl)cc2cccnc12. The molecule has 4 heteroatoms. The van der Waals surface area contributed by atoms with Crippen LogP contribution in [0.15, 0.2) is 48.8 Å². The fourth-order valence-corrected chi connectivity index (χ4v) is 2.38. The van der Waals surface area contributed by atoms with Gasteiger partial charge in [0.05, 0.1) is 17.7 Å². The Morgan fingerprint density at radius 2 is 2.16 bits per heavy atom. The van der Waals surface area contributed by atoms with Crippen LogP contribution in [0.5, 0.6) is 0 Å². The van der Waals surface area contributed by atoms with Gasteiger partial charge in [0.25, 0.3) is 0 Å².